The zero-order valence-corrected chi connectivity index (χ0v) is 19.5. The molecule has 0 fully saturated rings. The summed E-state index contributed by atoms with van der Waals surface area (Å²) in [5.41, 5.74) is 3.74. The van der Waals surface area contributed by atoms with Crippen LogP contribution in [0, 0.1) is 12.3 Å². The second kappa shape index (κ2) is 10.3. The molecule has 0 spiro atoms. The van der Waals surface area contributed by atoms with Crippen molar-refractivity contribution < 1.29 is 24.3 Å². The minimum Gasteiger partial charge on any atom is -0.491 e. The van der Waals surface area contributed by atoms with Gasteiger partial charge in [-0.15, -0.1) is 0 Å². The Morgan fingerprint density at radius 3 is 2.48 bits per heavy atom. The molecule has 0 aliphatic rings. The quantitative estimate of drug-likeness (QED) is 0.382. The number of amides is 1. The number of hydroxylamine groups is 1. The number of nitrogens with zero attached hydrogens (tertiary/aromatic N) is 1. The van der Waals surface area contributed by atoms with Gasteiger partial charge in [0, 0.05) is 12.8 Å². The standard InChI is InChI=1S/C24H36N2O5/c1-7-24(8-2,22-25-18(14-31-22)10-12-21(28)26-29)17-9-11-19(16(3)13-17)30-15-20(27)23(4,5)6/h9,11,13-14,20,27,29H,7-8,10,12,15H2,1-6H3,(H,26,28). The van der Waals surface area contributed by atoms with Gasteiger partial charge in [0.1, 0.15) is 18.6 Å². The van der Waals surface area contributed by atoms with Crippen LogP contribution in [0.2, 0.25) is 0 Å². The predicted molar refractivity (Wildman–Crippen MR) is 118 cm³/mol. The first kappa shape index (κ1) is 24.9. The van der Waals surface area contributed by atoms with Crippen molar-refractivity contribution in [2.75, 3.05) is 6.61 Å². The first-order valence-electron chi connectivity index (χ1n) is 10.9. The van der Waals surface area contributed by atoms with E-state index in [1.165, 1.54) is 0 Å². The fraction of sp³-hybridized carbons (Fsp3) is 0.583. The van der Waals surface area contributed by atoms with Gasteiger partial charge in [-0.1, -0.05) is 46.8 Å². The van der Waals surface area contributed by atoms with Gasteiger partial charge in [0.25, 0.3) is 0 Å². The van der Waals surface area contributed by atoms with Gasteiger partial charge in [0.15, 0.2) is 0 Å². The van der Waals surface area contributed by atoms with Gasteiger partial charge < -0.3 is 14.3 Å². The van der Waals surface area contributed by atoms with Gasteiger partial charge in [0.05, 0.1) is 17.2 Å². The lowest BCUT2D eigenvalue weighted by atomic mass is 9.75. The van der Waals surface area contributed by atoms with E-state index in [1.54, 1.807) is 11.7 Å². The molecule has 3 N–H and O–H groups in total. The Morgan fingerprint density at radius 2 is 1.94 bits per heavy atom. The van der Waals surface area contributed by atoms with Crippen molar-refractivity contribution >= 4 is 5.91 Å². The van der Waals surface area contributed by atoms with Crippen LogP contribution in [0.15, 0.2) is 28.9 Å². The van der Waals surface area contributed by atoms with Crippen LogP contribution in [-0.2, 0) is 16.6 Å². The van der Waals surface area contributed by atoms with Gasteiger partial charge in [-0.3, -0.25) is 10.0 Å². The molecule has 1 heterocycles. The SMILES string of the molecule is CCC(CC)(c1ccc(OCC(O)C(C)(C)C)c(C)c1)c1nc(CCC(=O)NO)co1. The van der Waals surface area contributed by atoms with Crippen LogP contribution in [0.3, 0.4) is 0 Å². The number of aliphatic hydroxyl groups is 1. The first-order chi connectivity index (χ1) is 14.6. The molecule has 1 atom stereocenters. The highest BCUT2D eigenvalue weighted by Gasteiger charge is 2.36. The van der Waals surface area contributed by atoms with Crippen molar-refractivity contribution in [1.82, 2.24) is 10.5 Å². The molecule has 1 aromatic heterocycles. The molecule has 172 valence electrons. The highest BCUT2D eigenvalue weighted by atomic mass is 16.5. The minimum absolute atomic E-state index is 0.138. The Morgan fingerprint density at radius 1 is 1.26 bits per heavy atom. The van der Waals surface area contributed by atoms with E-state index < -0.39 is 17.4 Å². The Labute approximate surface area is 184 Å². The Kier molecular flexibility index (Phi) is 8.26. The van der Waals surface area contributed by atoms with E-state index >= 15 is 0 Å². The normalized spacial score (nSPS) is 13.2. The maximum Gasteiger partial charge on any atom is 0.243 e. The van der Waals surface area contributed by atoms with Crippen LogP contribution in [0.5, 0.6) is 5.75 Å². The van der Waals surface area contributed by atoms with Gasteiger partial charge in [-0.2, -0.15) is 0 Å². The monoisotopic (exact) mass is 432 g/mol. The Balaban J connectivity index is 2.25. The van der Waals surface area contributed by atoms with Crippen LogP contribution in [0.4, 0.5) is 0 Å². The molecule has 0 bridgehead atoms. The summed E-state index contributed by atoms with van der Waals surface area (Å²) in [4.78, 5) is 15.9. The molecule has 2 aromatic rings. The number of benzene rings is 1. The molecule has 7 heteroatoms. The number of aliphatic hydroxyl groups excluding tert-OH is 1. The second-order valence-electron chi connectivity index (χ2n) is 9.14. The summed E-state index contributed by atoms with van der Waals surface area (Å²) in [5.74, 6) is 0.911. The summed E-state index contributed by atoms with van der Waals surface area (Å²) in [7, 11) is 0. The fourth-order valence-corrected chi connectivity index (χ4v) is 3.55. The van der Waals surface area contributed by atoms with Crippen LogP contribution < -0.4 is 10.2 Å². The number of rotatable bonds is 10. The van der Waals surface area contributed by atoms with Crippen molar-refractivity contribution in [3.05, 3.63) is 47.2 Å². The molecule has 0 radical (unpaired) electrons. The average molecular weight is 433 g/mol. The summed E-state index contributed by atoms with van der Waals surface area (Å²) >= 11 is 0. The molecule has 1 unspecified atom stereocenters. The Bertz CT molecular complexity index is 865. The number of aryl methyl sites for hydroxylation is 2. The number of ether oxygens (including phenoxy) is 1. The van der Waals surface area contributed by atoms with E-state index in [4.69, 9.17) is 14.4 Å². The van der Waals surface area contributed by atoms with E-state index in [0.717, 1.165) is 29.7 Å². The summed E-state index contributed by atoms with van der Waals surface area (Å²) in [6.45, 7) is 12.4. The van der Waals surface area contributed by atoms with Gasteiger partial charge in [-0.05, 0) is 42.4 Å². The van der Waals surface area contributed by atoms with E-state index in [9.17, 15) is 9.90 Å². The maximum absolute atomic E-state index is 11.3. The zero-order chi connectivity index (χ0) is 23.2. The summed E-state index contributed by atoms with van der Waals surface area (Å²) in [6.07, 6.45) is 3.14. The van der Waals surface area contributed by atoms with Crippen molar-refractivity contribution in [1.29, 1.82) is 0 Å². The molecule has 0 aliphatic heterocycles. The van der Waals surface area contributed by atoms with Crippen LogP contribution in [-0.4, -0.2) is 33.9 Å². The molecule has 0 aliphatic carbocycles. The third kappa shape index (κ3) is 5.86. The summed E-state index contributed by atoms with van der Waals surface area (Å²) < 4.78 is 11.7. The molecule has 1 aromatic carbocycles. The van der Waals surface area contributed by atoms with Crippen LogP contribution >= 0.6 is 0 Å². The number of aromatic nitrogens is 1. The van der Waals surface area contributed by atoms with E-state index in [-0.39, 0.29) is 18.4 Å². The second-order valence-corrected chi connectivity index (χ2v) is 9.14. The minimum atomic E-state index is -0.560. The smallest absolute Gasteiger partial charge is 0.243 e. The largest absolute Gasteiger partial charge is 0.491 e. The molecular formula is C24H36N2O5. The molecule has 31 heavy (non-hydrogen) atoms. The van der Waals surface area contributed by atoms with Crippen LogP contribution in [0.25, 0.3) is 0 Å². The number of hydrogen-bond donors (Lipinski definition) is 3. The molecule has 2 rings (SSSR count). The average Bonchev–Trinajstić information content (AvgIpc) is 3.21. The number of oxazole rings is 1. The van der Waals surface area contributed by atoms with Crippen molar-refractivity contribution in [2.24, 2.45) is 5.41 Å². The first-order valence-corrected chi connectivity index (χ1v) is 10.9. The lowest BCUT2D eigenvalue weighted by Gasteiger charge is -2.30. The molecular weight excluding hydrogens is 396 g/mol. The third-order valence-electron chi connectivity index (χ3n) is 6.03. The number of carbonyl (C=O) groups is 1. The number of nitrogens with one attached hydrogen (secondary N) is 1. The number of hydrogen-bond acceptors (Lipinski definition) is 6. The molecule has 7 nitrogen and oxygen atoms in total. The van der Waals surface area contributed by atoms with Gasteiger partial charge in [0.2, 0.25) is 11.8 Å². The molecule has 1 amide bonds. The van der Waals surface area contributed by atoms with E-state index in [0.29, 0.717) is 18.0 Å². The lowest BCUT2D eigenvalue weighted by Crippen LogP contribution is -2.32. The topological polar surface area (TPSA) is 105 Å². The fourth-order valence-electron chi connectivity index (χ4n) is 3.55. The van der Waals surface area contributed by atoms with Gasteiger partial charge in [-0.25, -0.2) is 10.5 Å². The van der Waals surface area contributed by atoms with Crippen molar-refractivity contribution in [2.45, 2.75) is 78.7 Å². The van der Waals surface area contributed by atoms with E-state index in [1.807, 2.05) is 39.8 Å². The van der Waals surface area contributed by atoms with Crippen molar-refractivity contribution in [3.8, 4) is 5.75 Å². The molecule has 0 saturated carbocycles. The maximum atomic E-state index is 11.3. The Hall–Kier alpha value is -2.38. The van der Waals surface area contributed by atoms with Gasteiger partial charge >= 0.3 is 0 Å². The highest BCUT2D eigenvalue weighted by Crippen LogP contribution is 2.40. The summed E-state index contributed by atoms with van der Waals surface area (Å²) in [6, 6.07) is 6.06. The molecule has 0 saturated heterocycles. The third-order valence-corrected chi connectivity index (χ3v) is 6.03. The highest BCUT2D eigenvalue weighted by molar-refractivity contribution is 5.74. The van der Waals surface area contributed by atoms with Crippen molar-refractivity contribution in [3.63, 3.8) is 0 Å². The van der Waals surface area contributed by atoms with E-state index in [2.05, 4.69) is 24.9 Å². The lowest BCUT2D eigenvalue weighted by molar-refractivity contribution is -0.129. The van der Waals surface area contributed by atoms with Crippen LogP contribution in [0.1, 0.15) is 76.6 Å². The number of carbonyl (C=O) groups excluding carboxylic acids is 1. The predicted octanol–water partition coefficient (Wildman–Crippen LogP) is 4.31. The summed E-state index contributed by atoms with van der Waals surface area (Å²) in [5, 5.41) is 18.9. The zero-order valence-electron chi connectivity index (χ0n) is 19.5.